The van der Waals surface area contributed by atoms with Crippen molar-refractivity contribution in [3.63, 3.8) is 0 Å². The molecular formula is C14H10IN3O4. The third-order valence-electron chi connectivity index (χ3n) is 2.72. The number of amides is 2. The number of nitro groups is 1. The molecule has 2 N–H and O–H groups in total. The van der Waals surface area contributed by atoms with E-state index >= 15 is 0 Å². The number of benzene rings is 2. The zero-order valence-electron chi connectivity index (χ0n) is 11.1. The minimum absolute atomic E-state index is 0.129. The van der Waals surface area contributed by atoms with Gasteiger partial charge in [0.05, 0.1) is 4.92 Å². The number of halogens is 1. The van der Waals surface area contributed by atoms with E-state index in [-0.39, 0.29) is 11.3 Å². The van der Waals surface area contributed by atoms with Crippen LogP contribution in [0.4, 0.5) is 5.69 Å². The fourth-order valence-electron chi connectivity index (χ4n) is 1.71. The first-order valence-electron chi connectivity index (χ1n) is 6.08. The Bertz CT molecular complexity index is 748. The van der Waals surface area contributed by atoms with Crippen LogP contribution >= 0.6 is 22.6 Å². The summed E-state index contributed by atoms with van der Waals surface area (Å²) in [6.07, 6.45) is 0. The van der Waals surface area contributed by atoms with E-state index < -0.39 is 16.7 Å². The van der Waals surface area contributed by atoms with Crippen LogP contribution < -0.4 is 10.9 Å². The van der Waals surface area contributed by atoms with Crippen LogP contribution in [0.2, 0.25) is 0 Å². The first-order valence-corrected chi connectivity index (χ1v) is 7.16. The molecule has 8 heteroatoms. The number of nitro benzene ring substituents is 1. The van der Waals surface area contributed by atoms with Gasteiger partial charge in [-0.3, -0.25) is 30.6 Å². The fraction of sp³-hybridized carbons (Fsp3) is 0. The molecule has 0 unspecified atom stereocenters. The Balaban J connectivity index is 2.07. The molecule has 0 spiro atoms. The van der Waals surface area contributed by atoms with Gasteiger partial charge in [0, 0.05) is 15.2 Å². The van der Waals surface area contributed by atoms with Gasteiger partial charge in [0.2, 0.25) is 0 Å². The van der Waals surface area contributed by atoms with Crippen LogP contribution in [0, 0.1) is 13.7 Å². The SMILES string of the molecule is O=C(NNC(=O)c1ccccc1[N+](=O)[O-])c1cccc(I)c1. The minimum atomic E-state index is -0.758. The van der Waals surface area contributed by atoms with E-state index in [4.69, 9.17) is 0 Å². The van der Waals surface area contributed by atoms with Gasteiger partial charge >= 0.3 is 0 Å². The Hall–Kier alpha value is -2.49. The standard InChI is InChI=1S/C14H10IN3O4/c15-10-5-3-4-9(8-10)13(19)16-17-14(20)11-6-1-2-7-12(11)18(21)22/h1-8H,(H,16,19)(H,17,20). The number of carbonyl (C=O) groups is 2. The predicted octanol–water partition coefficient (Wildman–Crippen LogP) is 2.27. The van der Waals surface area contributed by atoms with Crippen LogP contribution in [0.5, 0.6) is 0 Å². The lowest BCUT2D eigenvalue weighted by Crippen LogP contribution is -2.41. The third kappa shape index (κ3) is 3.79. The second kappa shape index (κ2) is 6.98. The summed E-state index contributed by atoms with van der Waals surface area (Å²) in [5.41, 5.74) is 4.30. The van der Waals surface area contributed by atoms with Gasteiger partial charge in [0.1, 0.15) is 5.56 Å². The van der Waals surface area contributed by atoms with Gasteiger partial charge in [-0.05, 0) is 46.9 Å². The maximum absolute atomic E-state index is 11.9. The molecule has 0 saturated carbocycles. The number of hydrogen-bond donors (Lipinski definition) is 2. The lowest BCUT2D eigenvalue weighted by molar-refractivity contribution is -0.385. The monoisotopic (exact) mass is 411 g/mol. The molecule has 0 fully saturated rings. The first-order chi connectivity index (χ1) is 10.5. The molecule has 0 aliphatic carbocycles. The van der Waals surface area contributed by atoms with Gasteiger partial charge in [0.15, 0.2) is 0 Å². The molecule has 0 radical (unpaired) electrons. The molecule has 22 heavy (non-hydrogen) atoms. The van der Waals surface area contributed by atoms with E-state index in [1.54, 1.807) is 18.2 Å². The van der Waals surface area contributed by atoms with Gasteiger partial charge in [-0.1, -0.05) is 18.2 Å². The Labute approximate surface area is 139 Å². The van der Waals surface area contributed by atoms with Crippen molar-refractivity contribution >= 4 is 40.1 Å². The van der Waals surface area contributed by atoms with E-state index in [1.165, 1.54) is 24.3 Å². The quantitative estimate of drug-likeness (QED) is 0.460. The smallest absolute Gasteiger partial charge is 0.267 e. The molecule has 0 bridgehead atoms. The molecule has 2 aromatic carbocycles. The van der Waals surface area contributed by atoms with E-state index in [0.29, 0.717) is 5.56 Å². The molecule has 0 aliphatic heterocycles. The number of hydrogen-bond acceptors (Lipinski definition) is 4. The zero-order valence-corrected chi connectivity index (χ0v) is 13.2. The molecule has 0 saturated heterocycles. The normalized spacial score (nSPS) is 9.86. The summed E-state index contributed by atoms with van der Waals surface area (Å²) in [6.45, 7) is 0. The maximum atomic E-state index is 11.9. The largest absolute Gasteiger partial charge is 0.282 e. The summed E-state index contributed by atoms with van der Waals surface area (Å²) in [6, 6.07) is 12.3. The molecule has 112 valence electrons. The molecule has 0 aromatic heterocycles. The van der Waals surface area contributed by atoms with Crippen LogP contribution in [-0.2, 0) is 0 Å². The highest BCUT2D eigenvalue weighted by molar-refractivity contribution is 14.1. The maximum Gasteiger partial charge on any atom is 0.282 e. The summed E-state index contributed by atoms with van der Waals surface area (Å²) < 4.78 is 0.871. The van der Waals surface area contributed by atoms with Crippen molar-refractivity contribution in [3.8, 4) is 0 Å². The van der Waals surface area contributed by atoms with Crippen molar-refractivity contribution in [2.45, 2.75) is 0 Å². The topological polar surface area (TPSA) is 101 Å². The van der Waals surface area contributed by atoms with Gasteiger partial charge < -0.3 is 0 Å². The average molecular weight is 411 g/mol. The van der Waals surface area contributed by atoms with Crippen molar-refractivity contribution in [2.24, 2.45) is 0 Å². The van der Waals surface area contributed by atoms with E-state index in [0.717, 1.165) is 3.57 Å². The predicted molar refractivity (Wildman–Crippen MR) is 87.2 cm³/mol. The summed E-state index contributed by atoms with van der Waals surface area (Å²) in [7, 11) is 0. The van der Waals surface area contributed by atoms with Crippen molar-refractivity contribution in [2.75, 3.05) is 0 Å². The fourth-order valence-corrected chi connectivity index (χ4v) is 2.25. The van der Waals surface area contributed by atoms with Crippen LogP contribution in [0.25, 0.3) is 0 Å². The number of para-hydroxylation sites is 1. The summed E-state index contributed by atoms with van der Waals surface area (Å²) >= 11 is 2.06. The van der Waals surface area contributed by atoms with Crippen LogP contribution in [0.1, 0.15) is 20.7 Å². The Morgan fingerprint density at radius 3 is 2.36 bits per heavy atom. The molecule has 0 atom stereocenters. The number of rotatable bonds is 3. The van der Waals surface area contributed by atoms with E-state index in [9.17, 15) is 19.7 Å². The van der Waals surface area contributed by atoms with Crippen LogP contribution in [-0.4, -0.2) is 16.7 Å². The Kier molecular flexibility index (Phi) is 5.04. The number of hydrazine groups is 1. The lowest BCUT2D eigenvalue weighted by atomic mass is 10.2. The molecule has 7 nitrogen and oxygen atoms in total. The second-order valence-electron chi connectivity index (χ2n) is 4.19. The van der Waals surface area contributed by atoms with Crippen molar-refractivity contribution in [1.82, 2.24) is 10.9 Å². The van der Waals surface area contributed by atoms with Gasteiger partial charge in [-0.2, -0.15) is 0 Å². The summed E-state index contributed by atoms with van der Waals surface area (Å²) in [4.78, 5) is 34.0. The molecule has 2 rings (SSSR count). The highest BCUT2D eigenvalue weighted by Crippen LogP contribution is 2.17. The Morgan fingerprint density at radius 2 is 1.68 bits per heavy atom. The zero-order chi connectivity index (χ0) is 16.1. The lowest BCUT2D eigenvalue weighted by Gasteiger charge is -2.08. The molecule has 2 aromatic rings. The molecular weight excluding hydrogens is 401 g/mol. The third-order valence-corrected chi connectivity index (χ3v) is 3.39. The van der Waals surface area contributed by atoms with Gasteiger partial charge in [-0.25, -0.2) is 0 Å². The van der Waals surface area contributed by atoms with Crippen molar-refractivity contribution in [3.05, 3.63) is 73.3 Å². The van der Waals surface area contributed by atoms with Gasteiger partial charge in [-0.15, -0.1) is 0 Å². The summed E-state index contributed by atoms with van der Waals surface area (Å²) in [5, 5.41) is 10.9. The number of carbonyl (C=O) groups excluding carboxylic acids is 2. The van der Waals surface area contributed by atoms with E-state index in [2.05, 4.69) is 33.4 Å². The number of nitrogens with one attached hydrogen (secondary N) is 2. The van der Waals surface area contributed by atoms with Gasteiger partial charge in [0.25, 0.3) is 17.5 Å². The molecule has 0 aliphatic rings. The van der Waals surface area contributed by atoms with Crippen molar-refractivity contribution < 1.29 is 14.5 Å². The Morgan fingerprint density at radius 1 is 1.00 bits per heavy atom. The van der Waals surface area contributed by atoms with Crippen LogP contribution in [0.15, 0.2) is 48.5 Å². The average Bonchev–Trinajstić information content (AvgIpc) is 2.52. The van der Waals surface area contributed by atoms with Crippen molar-refractivity contribution in [1.29, 1.82) is 0 Å². The molecule has 0 heterocycles. The first kappa shape index (κ1) is 15.9. The van der Waals surface area contributed by atoms with Crippen LogP contribution in [0.3, 0.4) is 0 Å². The molecule has 2 amide bonds. The minimum Gasteiger partial charge on any atom is -0.267 e. The number of nitrogens with zero attached hydrogens (tertiary/aromatic N) is 1. The van der Waals surface area contributed by atoms with E-state index in [1.807, 2.05) is 6.07 Å². The highest BCUT2D eigenvalue weighted by atomic mass is 127. The second-order valence-corrected chi connectivity index (χ2v) is 5.44. The highest BCUT2D eigenvalue weighted by Gasteiger charge is 2.19. The summed E-state index contributed by atoms with van der Waals surface area (Å²) in [5.74, 6) is -1.27.